The predicted molar refractivity (Wildman–Crippen MR) is 20.6 cm³/mol. The second-order valence-corrected chi connectivity index (χ2v) is 1.87. The zero-order valence-electron chi connectivity index (χ0n) is 3.97. The van der Waals surface area contributed by atoms with Gasteiger partial charge < -0.3 is 21.0 Å². The molecule has 0 spiro atoms. The molecule has 0 heterocycles. The molecule has 8 heavy (non-hydrogen) atoms. The largest absolute Gasteiger partial charge is 0.714 e. The molecule has 1 unspecified atom stereocenters. The molecule has 0 aliphatic heterocycles. The third kappa shape index (κ3) is 4.16. The van der Waals surface area contributed by atoms with Crippen LogP contribution >= 0.6 is 7.82 Å². The molecule has 8 heteroatoms. The first-order chi connectivity index (χ1) is 3.12. The summed E-state index contributed by atoms with van der Waals surface area (Å²) in [5.74, 6) is 0. The number of hydrogen-bond acceptors (Lipinski definition) is 5. The molecule has 1 atom stereocenters. The van der Waals surface area contributed by atoms with Gasteiger partial charge in [-0.05, 0) is 0 Å². The fourth-order valence-electron chi connectivity index (χ4n) is 0.0136. The molecule has 0 radical (unpaired) electrons. The molecule has 0 saturated carbocycles. The Kier molecular flexibility index (Phi) is 5.34. The molecule has 0 aliphatic carbocycles. The molecular weight excluding hydrogens is 141 g/mol. The molecule has 0 bridgehead atoms. The zero-order chi connectivity index (χ0) is 5.91. The Morgan fingerprint density at radius 2 is 2.00 bits per heavy atom. The first-order valence-corrected chi connectivity index (χ1v) is 2.59. The zero-order valence-corrected chi connectivity index (χ0v) is 4.87. The van der Waals surface area contributed by atoms with Crippen LogP contribution < -0.4 is 11.4 Å². The minimum atomic E-state index is -4.65. The minimum absolute atomic E-state index is 0. The Morgan fingerprint density at radius 1 is 1.62 bits per heavy atom. The van der Waals surface area contributed by atoms with E-state index in [4.69, 9.17) is 15.4 Å². The summed E-state index contributed by atoms with van der Waals surface area (Å²) in [6, 6.07) is 0. The highest BCUT2D eigenvalue weighted by atomic mass is 31.2. The molecule has 7 nitrogen and oxygen atoms in total. The number of quaternary nitrogens is 1. The summed E-state index contributed by atoms with van der Waals surface area (Å²) in [5.41, 5.74) is 0. The molecule has 0 rings (SSSR count). The molecule has 0 amide bonds. The van der Waals surface area contributed by atoms with Gasteiger partial charge in [0, 0.05) is 0 Å². The van der Waals surface area contributed by atoms with Crippen molar-refractivity contribution in [2.75, 3.05) is 0 Å². The van der Waals surface area contributed by atoms with Crippen molar-refractivity contribution in [1.29, 1.82) is 0 Å². The quantitative estimate of drug-likeness (QED) is 0.267. The maximum Gasteiger partial charge on any atom is 0.490 e. The maximum absolute atomic E-state index is 9.50. The van der Waals surface area contributed by atoms with Crippen LogP contribution in [0.25, 0.3) is 0 Å². The average Bonchev–Trinajstić information content (AvgIpc) is 1.68. The van der Waals surface area contributed by atoms with Gasteiger partial charge in [-0.1, -0.05) is 0 Å². The lowest BCUT2D eigenvalue weighted by atomic mass is 14.0. The Balaban J connectivity index is 0. The van der Waals surface area contributed by atoms with Crippen LogP contribution in [-0.2, 0) is 13.9 Å². The van der Waals surface area contributed by atoms with E-state index in [-0.39, 0.29) is 6.15 Å². The second-order valence-electron chi connectivity index (χ2n) is 0.625. The standard InChI is InChI=1S/H3N.H3O6P/c;1-5-7(3,4)6-2/h1H3;1-2H,(H,3,4). The third-order valence-electron chi connectivity index (χ3n) is 0.197. The smallest absolute Gasteiger partial charge is 0.490 e. The van der Waals surface area contributed by atoms with Crippen LogP contribution in [0.3, 0.4) is 0 Å². The third-order valence-corrected chi connectivity index (χ3v) is 0.592. The lowest BCUT2D eigenvalue weighted by molar-refractivity contribution is -0.645. The first-order valence-electron chi connectivity index (χ1n) is 1.10. The fraction of sp³-hybridized carbons (Fsp3) is 0. The summed E-state index contributed by atoms with van der Waals surface area (Å²) in [4.78, 5) is 7.68. The van der Waals surface area contributed by atoms with Crippen LogP contribution in [0.5, 0.6) is 0 Å². The van der Waals surface area contributed by atoms with Gasteiger partial charge >= 0.3 is 7.82 Å². The predicted octanol–water partition coefficient (Wildman–Crippen LogP) is -0.756. The van der Waals surface area contributed by atoms with Gasteiger partial charge in [0.1, 0.15) is 0 Å². The molecule has 6 N–H and O–H groups in total. The van der Waals surface area contributed by atoms with E-state index in [0.29, 0.717) is 0 Å². The van der Waals surface area contributed by atoms with Gasteiger partial charge in [-0.25, -0.2) is 9.82 Å². The van der Waals surface area contributed by atoms with Crippen LogP contribution in [-0.4, -0.2) is 10.2 Å². The van der Waals surface area contributed by atoms with Crippen molar-refractivity contribution in [3.8, 4) is 0 Å². The molecule has 0 fully saturated rings. The Labute approximate surface area is 44.5 Å². The second kappa shape index (κ2) is 3.93. The summed E-state index contributed by atoms with van der Waals surface area (Å²) in [5, 5.41) is 16.1. The van der Waals surface area contributed by atoms with E-state index >= 15 is 0 Å². The van der Waals surface area contributed by atoms with Crippen LogP contribution in [0.4, 0.5) is 0 Å². The average molecular weight is 147 g/mol. The fourth-order valence-corrected chi connectivity index (χ4v) is 0.0408. The molecule has 0 aromatic rings. The van der Waals surface area contributed by atoms with E-state index < -0.39 is 7.82 Å². The van der Waals surface area contributed by atoms with Crippen molar-refractivity contribution >= 4 is 7.82 Å². The van der Waals surface area contributed by atoms with Crippen molar-refractivity contribution in [2.24, 2.45) is 0 Å². The van der Waals surface area contributed by atoms with Gasteiger partial charge in [-0.2, -0.15) is 0 Å². The summed E-state index contributed by atoms with van der Waals surface area (Å²) < 4.78 is 14.6. The highest BCUT2D eigenvalue weighted by Crippen LogP contribution is 2.38. The summed E-state index contributed by atoms with van der Waals surface area (Å²) in [7, 11) is -4.65. The lowest BCUT2D eigenvalue weighted by Gasteiger charge is -2.07. The Bertz CT molecular complexity index is 80.5. The maximum atomic E-state index is 9.50. The van der Waals surface area contributed by atoms with Gasteiger partial charge in [0.2, 0.25) is 0 Å². The number of hydrogen-bond donors (Lipinski definition) is 3. The lowest BCUT2D eigenvalue weighted by Crippen LogP contribution is -2.02. The minimum Gasteiger partial charge on any atom is -0.714 e. The van der Waals surface area contributed by atoms with Crippen LogP contribution in [0.15, 0.2) is 0 Å². The SMILES string of the molecule is O=P(O)(O[O-])OO.[NH4+]. The van der Waals surface area contributed by atoms with Gasteiger partial charge in [-0.15, -0.1) is 4.67 Å². The van der Waals surface area contributed by atoms with Gasteiger partial charge in [0.15, 0.2) is 0 Å². The first kappa shape index (κ1) is 10.9. The molecule has 0 saturated heterocycles. The van der Waals surface area contributed by atoms with Crippen molar-refractivity contribution < 1.29 is 29.3 Å². The van der Waals surface area contributed by atoms with E-state index in [9.17, 15) is 4.57 Å². The molecule has 0 aromatic carbocycles. The van der Waals surface area contributed by atoms with Gasteiger partial charge in [0.05, 0.1) is 0 Å². The van der Waals surface area contributed by atoms with E-state index in [2.05, 4.69) is 9.35 Å². The van der Waals surface area contributed by atoms with Crippen LogP contribution in [0.1, 0.15) is 0 Å². The van der Waals surface area contributed by atoms with E-state index in [1.54, 1.807) is 0 Å². The monoisotopic (exact) mass is 147 g/mol. The van der Waals surface area contributed by atoms with Crippen molar-refractivity contribution in [2.45, 2.75) is 0 Å². The topological polar surface area (TPSA) is 136 Å². The van der Waals surface area contributed by atoms with Gasteiger partial charge in [-0.3, -0.25) is 0 Å². The molecule has 0 aliphatic rings. The summed E-state index contributed by atoms with van der Waals surface area (Å²) >= 11 is 0. The van der Waals surface area contributed by atoms with Crippen LogP contribution in [0.2, 0.25) is 0 Å². The molecular formula is H6NO6P. The summed E-state index contributed by atoms with van der Waals surface area (Å²) in [6.07, 6.45) is 0. The van der Waals surface area contributed by atoms with E-state index in [0.717, 1.165) is 0 Å². The Morgan fingerprint density at radius 3 is 2.00 bits per heavy atom. The number of rotatable bonds is 2. The van der Waals surface area contributed by atoms with Crippen molar-refractivity contribution in [3.63, 3.8) is 0 Å². The van der Waals surface area contributed by atoms with Crippen LogP contribution in [0, 0.1) is 0 Å². The number of phosphoric acid groups is 1. The molecule has 52 valence electrons. The van der Waals surface area contributed by atoms with Gasteiger partial charge in [0.25, 0.3) is 0 Å². The highest BCUT2D eigenvalue weighted by molar-refractivity contribution is 7.47. The van der Waals surface area contributed by atoms with E-state index in [1.165, 1.54) is 0 Å². The normalized spacial score (nSPS) is 16.4. The van der Waals surface area contributed by atoms with Crippen molar-refractivity contribution in [3.05, 3.63) is 0 Å². The Hall–Kier alpha value is -0.0100. The van der Waals surface area contributed by atoms with Crippen molar-refractivity contribution in [1.82, 2.24) is 6.15 Å². The molecule has 0 aromatic heterocycles. The van der Waals surface area contributed by atoms with E-state index in [1.807, 2.05) is 0 Å². The summed E-state index contributed by atoms with van der Waals surface area (Å²) in [6.45, 7) is 0. The highest BCUT2D eigenvalue weighted by Gasteiger charge is 2.13.